The number of allylic oxidation sites excluding steroid dienone is 3. The predicted octanol–water partition coefficient (Wildman–Crippen LogP) is 6.33. The fourth-order valence-electron chi connectivity index (χ4n) is 10.1. The highest BCUT2D eigenvalue weighted by Gasteiger charge is 2.48. The second-order valence-corrected chi connectivity index (χ2v) is 22.3. The number of Topliss-reactive ketones (excluding diaryl/α,β-unsaturated/α-hetero) is 1. The number of phenols is 1. The average Bonchev–Trinajstić information content (AvgIpc) is 4.10. The molecule has 9 unspecified atom stereocenters. The number of fused-ring (bicyclic) bond motifs is 4. The molecule has 0 bridgehead atoms. The van der Waals surface area contributed by atoms with E-state index in [1.54, 1.807) is 55.6 Å². The van der Waals surface area contributed by atoms with E-state index in [2.05, 4.69) is 40.6 Å². The van der Waals surface area contributed by atoms with Crippen LogP contribution in [0.2, 0.25) is 0 Å². The summed E-state index contributed by atoms with van der Waals surface area (Å²) in [6.07, 6.45) is -4.19. The summed E-state index contributed by atoms with van der Waals surface area (Å²) in [5.41, 5.74) is 2.67. The maximum atomic E-state index is 14.0. The third-order valence-electron chi connectivity index (χ3n) is 14.1. The molecule has 2 aromatic heterocycles. The number of benzene rings is 2. The van der Waals surface area contributed by atoms with E-state index in [9.17, 15) is 37.8 Å². The highest BCUT2D eigenvalue weighted by atomic mass is 32.2. The number of aromatic amines is 1. The average molecular weight is 1120 g/mol. The van der Waals surface area contributed by atoms with E-state index < -0.39 is 114 Å². The molecule has 0 radical (unpaired) electrons. The van der Waals surface area contributed by atoms with Gasteiger partial charge < -0.3 is 53.1 Å². The fourth-order valence-corrected chi connectivity index (χ4v) is 11.7. The molecule has 2 amide bonds. The Labute approximate surface area is 461 Å². The topological polar surface area (TPSA) is 261 Å². The number of alkyl carbamates (subject to hydrolysis) is 1. The number of aliphatic hydroxyl groups excluding tert-OH is 1. The SMILES string of the molecule is C=C(c1nccc2c1[nH]c1ccc(O)cc12)C1CC(OC2CC(OC)C(N(C(=O)OCCS(=O)(=O)c3ccccc3)C(C)OC)CO2)C(O[C@H]2C#C/C=C\C#CC3=C(NC(=O)OC)C(=O)C[C@H](O)/C(=C/CSC(C)=O)C32)OC1C. The molecule has 2 aliphatic heterocycles. The Hall–Kier alpha value is -6.83. The summed E-state index contributed by atoms with van der Waals surface area (Å²) in [7, 11) is 0.245. The molecule has 4 aromatic rings. The van der Waals surface area contributed by atoms with Gasteiger partial charge in [-0.15, -0.1) is 0 Å². The third-order valence-corrected chi connectivity index (χ3v) is 16.6. The minimum Gasteiger partial charge on any atom is -0.508 e. The van der Waals surface area contributed by atoms with E-state index in [0.717, 1.165) is 35.2 Å². The summed E-state index contributed by atoms with van der Waals surface area (Å²) in [5, 5.41) is 26.1. The minimum atomic E-state index is -3.77. The summed E-state index contributed by atoms with van der Waals surface area (Å²) in [5.74, 6) is 9.43. The second kappa shape index (κ2) is 26.0. The maximum Gasteiger partial charge on any atom is 0.412 e. The van der Waals surface area contributed by atoms with Crippen molar-refractivity contribution in [1.82, 2.24) is 20.2 Å². The van der Waals surface area contributed by atoms with Gasteiger partial charge in [0.1, 0.15) is 30.8 Å². The van der Waals surface area contributed by atoms with Gasteiger partial charge in [0.05, 0.1) is 71.5 Å². The number of aliphatic hydroxyl groups is 1. The van der Waals surface area contributed by atoms with Gasteiger partial charge in [-0.2, -0.15) is 0 Å². The van der Waals surface area contributed by atoms with E-state index in [1.807, 2.05) is 13.0 Å². The van der Waals surface area contributed by atoms with Gasteiger partial charge >= 0.3 is 12.2 Å². The highest BCUT2D eigenvalue weighted by molar-refractivity contribution is 8.13. The molecule has 79 heavy (non-hydrogen) atoms. The molecule has 22 heteroatoms. The van der Waals surface area contributed by atoms with Crippen LogP contribution in [-0.4, -0.2) is 158 Å². The van der Waals surface area contributed by atoms with Crippen LogP contribution < -0.4 is 5.32 Å². The number of hydrogen-bond acceptors (Lipinski definition) is 18. The van der Waals surface area contributed by atoms with Crippen molar-refractivity contribution < 1.29 is 75.7 Å². The smallest absolute Gasteiger partial charge is 0.412 e. The van der Waals surface area contributed by atoms with Crippen molar-refractivity contribution >= 4 is 72.1 Å². The van der Waals surface area contributed by atoms with E-state index in [4.69, 9.17) is 42.9 Å². The number of nitrogens with zero attached hydrogens (tertiary/aromatic N) is 2. The van der Waals surface area contributed by atoms with E-state index >= 15 is 0 Å². The van der Waals surface area contributed by atoms with Crippen molar-refractivity contribution in [1.29, 1.82) is 0 Å². The van der Waals surface area contributed by atoms with Gasteiger partial charge in [0.25, 0.3) is 0 Å². The lowest BCUT2D eigenvalue weighted by Crippen LogP contribution is -2.59. The van der Waals surface area contributed by atoms with Crippen molar-refractivity contribution in [2.45, 2.75) is 100 Å². The number of aromatic nitrogens is 2. The number of aromatic hydroxyl groups is 1. The van der Waals surface area contributed by atoms with Crippen LogP contribution in [-0.2, 0) is 57.3 Å². The fraction of sp³-hybridized carbons (Fsp3) is 0.421. The number of nitrogens with one attached hydrogen (secondary N) is 2. The summed E-state index contributed by atoms with van der Waals surface area (Å²) >= 11 is 0.979. The maximum absolute atomic E-state index is 14.0. The van der Waals surface area contributed by atoms with Crippen LogP contribution in [0.3, 0.4) is 0 Å². The number of ketones is 1. The van der Waals surface area contributed by atoms with Crippen LogP contribution in [0.4, 0.5) is 9.59 Å². The van der Waals surface area contributed by atoms with Crippen LogP contribution in [0.15, 0.2) is 107 Å². The van der Waals surface area contributed by atoms with Gasteiger partial charge in [-0.1, -0.05) is 66.3 Å². The molecular formula is C57H62N4O16S2. The summed E-state index contributed by atoms with van der Waals surface area (Å²) in [6.45, 7) is 8.84. The lowest BCUT2D eigenvalue weighted by molar-refractivity contribution is -0.310. The first-order chi connectivity index (χ1) is 37.9. The number of carbonyl (C=O) groups is 4. The molecule has 4 aliphatic rings. The van der Waals surface area contributed by atoms with Crippen LogP contribution in [0.25, 0.3) is 27.4 Å². The van der Waals surface area contributed by atoms with E-state index in [1.165, 1.54) is 50.3 Å². The van der Waals surface area contributed by atoms with Crippen molar-refractivity contribution in [2.24, 2.45) is 11.8 Å². The molecule has 0 spiro atoms. The molecule has 4 heterocycles. The molecule has 2 fully saturated rings. The van der Waals surface area contributed by atoms with Crippen LogP contribution in [0.1, 0.15) is 45.7 Å². The van der Waals surface area contributed by atoms with Crippen molar-refractivity contribution in [2.75, 3.05) is 46.0 Å². The lowest BCUT2D eigenvalue weighted by atomic mass is 9.83. The summed E-state index contributed by atoms with van der Waals surface area (Å²) < 4.78 is 75.4. The Morgan fingerprint density at radius 3 is 2.56 bits per heavy atom. The Bertz CT molecular complexity index is 3300. The monoisotopic (exact) mass is 1120 g/mol. The Morgan fingerprint density at radius 2 is 1.82 bits per heavy atom. The zero-order valence-electron chi connectivity index (χ0n) is 44.3. The number of ether oxygens (including phenoxy) is 8. The van der Waals surface area contributed by atoms with Gasteiger partial charge in [-0.05, 0) is 80.0 Å². The summed E-state index contributed by atoms with van der Waals surface area (Å²) in [4.78, 5) is 62.5. The lowest BCUT2D eigenvalue weighted by Gasteiger charge is -2.46. The minimum absolute atomic E-state index is 0.0353. The molecule has 2 aromatic carbocycles. The quantitative estimate of drug-likeness (QED) is 0.0511. The normalized spacial score (nSPS) is 26.4. The molecule has 418 valence electrons. The van der Waals surface area contributed by atoms with Crippen LogP contribution >= 0.6 is 11.8 Å². The Balaban J connectivity index is 1.13. The van der Waals surface area contributed by atoms with Crippen LogP contribution in [0, 0.1) is 35.5 Å². The van der Waals surface area contributed by atoms with Gasteiger partial charge in [0.15, 0.2) is 33.3 Å². The molecule has 0 saturated carbocycles. The van der Waals surface area contributed by atoms with Crippen molar-refractivity contribution in [3.05, 3.63) is 108 Å². The zero-order valence-corrected chi connectivity index (χ0v) is 46.0. The van der Waals surface area contributed by atoms with Crippen LogP contribution in [0.5, 0.6) is 5.75 Å². The number of rotatable bonds is 17. The molecule has 11 atom stereocenters. The Morgan fingerprint density at radius 1 is 1.05 bits per heavy atom. The molecule has 2 saturated heterocycles. The molecule has 20 nitrogen and oxygen atoms in total. The van der Waals surface area contributed by atoms with Gasteiger partial charge in [-0.25, -0.2) is 18.0 Å². The number of pyridine rings is 1. The highest BCUT2D eigenvalue weighted by Crippen LogP contribution is 2.43. The summed E-state index contributed by atoms with van der Waals surface area (Å²) in [6, 6.07) is 13.9. The van der Waals surface area contributed by atoms with Gasteiger partial charge in [0.2, 0.25) is 0 Å². The molecule has 2 aliphatic carbocycles. The largest absolute Gasteiger partial charge is 0.508 e. The number of H-pyrrole nitrogens is 1. The second-order valence-electron chi connectivity index (χ2n) is 19.0. The van der Waals surface area contributed by atoms with Crippen molar-refractivity contribution in [3.63, 3.8) is 0 Å². The number of methoxy groups -OCH3 is 3. The van der Waals surface area contributed by atoms with Gasteiger partial charge in [-0.3, -0.25) is 24.8 Å². The molecular weight excluding hydrogens is 1060 g/mol. The van der Waals surface area contributed by atoms with E-state index in [0.29, 0.717) is 16.8 Å². The number of amides is 2. The van der Waals surface area contributed by atoms with E-state index in [-0.39, 0.29) is 57.8 Å². The Kier molecular flexibility index (Phi) is 19.2. The third kappa shape index (κ3) is 13.4. The first kappa shape index (κ1) is 58.3. The number of hydrogen-bond donors (Lipinski definition) is 4. The number of thioether (sulfide) groups is 1. The zero-order chi connectivity index (χ0) is 56.5. The first-order valence-electron chi connectivity index (χ1n) is 25.4. The molecule has 4 N–H and O–H groups in total. The van der Waals surface area contributed by atoms with Crippen molar-refractivity contribution in [3.8, 4) is 29.4 Å². The standard InChI is InChI=1S/C57H62N4O16S2/c1-32(52-54-38(21-23-58-52)42-27-36(63)19-20-43(42)59-54)41-28-49(76-50-30-48(71-6)44(31-74-50)61(34(3)70-5)57(67)73-24-26-79(68,69)37-15-11-10-12-16-37)55(75-33(41)2)77-47-18-14-9-8-13-17-40-51(47)39(22-25-78-35(4)62)45(64)29-46(65)53(40)60-56(66)72-7/h8-12,15-16,19-23,27,33-34,41,44-45,47-51,55,59,63-64H,1,24-26,28-31H2,2-7H3,(H,60,66)/b9-8-,39-22-/t33?,34?,41?,44?,45-,47-,48?,49?,50?,51?,55?/m0/s1. The number of phenolic OH excluding ortho intramolecular Hbond substituents is 1. The number of carbonyl (C=O) groups excluding carboxylic acids is 4. The molecule has 8 rings (SSSR count). The number of sulfone groups is 1. The first-order valence-corrected chi connectivity index (χ1v) is 28.0. The predicted molar refractivity (Wildman–Crippen MR) is 291 cm³/mol. The van der Waals surface area contributed by atoms with Gasteiger partial charge in [0, 0.05) is 73.7 Å².